The molecule has 1 rings (SSSR count). The summed E-state index contributed by atoms with van der Waals surface area (Å²) in [6.45, 7) is 0. The van der Waals surface area contributed by atoms with E-state index in [1.807, 2.05) is 0 Å². The number of halogens is 1. The Hall–Kier alpha value is -1.60. The first-order valence-electron chi connectivity index (χ1n) is 3.87. The van der Waals surface area contributed by atoms with E-state index in [0.29, 0.717) is 10.6 Å². The lowest BCUT2D eigenvalue weighted by Gasteiger charge is -1.96. The zero-order valence-corrected chi connectivity index (χ0v) is 8.28. The molecule has 0 N–H and O–H groups in total. The van der Waals surface area contributed by atoms with Crippen molar-refractivity contribution < 1.29 is 9.53 Å². The van der Waals surface area contributed by atoms with E-state index in [2.05, 4.69) is 9.71 Å². The SMILES string of the molecule is COC(=O)Cc1ccc(Cl)cc1[N+]#N. The monoisotopic (exact) mass is 211 g/mol. The number of esters is 1. The van der Waals surface area contributed by atoms with E-state index >= 15 is 0 Å². The Morgan fingerprint density at radius 3 is 2.93 bits per heavy atom. The van der Waals surface area contributed by atoms with Gasteiger partial charge in [0.05, 0.1) is 25.2 Å². The number of carbonyl (C=O) groups is 1. The summed E-state index contributed by atoms with van der Waals surface area (Å²) >= 11 is 5.68. The van der Waals surface area contributed by atoms with E-state index in [-0.39, 0.29) is 12.1 Å². The number of hydrogen-bond donors (Lipinski definition) is 0. The molecule has 14 heavy (non-hydrogen) atoms. The predicted molar refractivity (Wildman–Crippen MR) is 51.9 cm³/mol. The fraction of sp³-hybridized carbons (Fsp3) is 0.222. The zero-order valence-electron chi connectivity index (χ0n) is 7.53. The van der Waals surface area contributed by atoms with Crippen LogP contribution in [0.25, 0.3) is 4.98 Å². The van der Waals surface area contributed by atoms with Gasteiger partial charge in [0.2, 0.25) is 5.39 Å². The van der Waals surface area contributed by atoms with Crippen LogP contribution in [0.1, 0.15) is 5.56 Å². The fourth-order valence-corrected chi connectivity index (χ4v) is 1.17. The topological polar surface area (TPSA) is 54.5 Å². The van der Waals surface area contributed by atoms with E-state index in [0.717, 1.165) is 0 Å². The summed E-state index contributed by atoms with van der Waals surface area (Å²) in [6, 6.07) is 4.71. The number of rotatable bonds is 2. The van der Waals surface area contributed by atoms with Gasteiger partial charge >= 0.3 is 11.7 Å². The van der Waals surface area contributed by atoms with Gasteiger partial charge in [0.15, 0.2) is 4.98 Å². The van der Waals surface area contributed by atoms with Crippen LogP contribution in [0.2, 0.25) is 5.02 Å². The van der Waals surface area contributed by atoms with Gasteiger partial charge in [-0.1, -0.05) is 11.6 Å². The summed E-state index contributed by atoms with van der Waals surface area (Å²) < 4.78 is 4.49. The molecule has 1 aromatic carbocycles. The maximum absolute atomic E-state index is 11.0. The smallest absolute Gasteiger partial charge is 0.390 e. The molecule has 0 aliphatic heterocycles. The highest BCUT2D eigenvalue weighted by Gasteiger charge is 2.17. The lowest BCUT2D eigenvalue weighted by atomic mass is 10.1. The molecule has 0 radical (unpaired) electrons. The van der Waals surface area contributed by atoms with Gasteiger partial charge in [-0.25, -0.2) is 0 Å². The van der Waals surface area contributed by atoms with E-state index in [4.69, 9.17) is 17.0 Å². The van der Waals surface area contributed by atoms with Crippen molar-refractivity contribution in [1.29, 1.82) is 5.39 Å². The van der Waals surface area contributed by atoms with Crippen molar-refractivity contribution in [3.05, 3.63) is 33.8 Å². The van der Waals surface area contributed by atoms with Crippen molar-refractivity contribution in [2.24, 2.45) is 0 Å². The van der Waals surface area contributed by atoms with Crippen LogP contribution in [-0.4, -0.2) is 13.1 Å². The Bertz CT molecular complexity index is 398. The lowest BCUT2D eigenvalue weighted by molar-refractivity contribution is -0.139. The number of nitrogens with zero attached hydrogens (tertiary/aromatic N) is 2. The normalized spacial score (nSPS) is 9.21. The third-order valence-electron chi connectivity index (χ3n) is 1.72. The molecule has 0 aromatic heterocycles. The van der Waals surface area contributed by atoms with Crippen molar-refractivity contribution in [3.63, 3.8) is 0 Å². The first-order chi connectivity index (χ1) is 6.67. The molecule has 1 aromatic rings. The second-order valence-corrected chi connectivity index (χ2v) is 3.06. The number of carbonyl (C=O) groups excluding carboxylic acids is 1. The van der Waals surface area contributed by atoms with E-state index in [9.17, 15) is 4.79 Å². The molecule has 0 unspecified atom stereocenters. The van der Waals surface area contributed by atoms with Crippen molar-refractivity contribution >= 4 is 23.3 Å². The first kappa shape index (κ1) is 10.5. The van der Waals surface area contributed by atoms with Crippen molar-refractivity contribution in [2.45, 2.75) is 6.42 Å². The van der Waals surface area contributed by atoms with Crippen LogP contribution in [0, 0.1) is 5.39 Å². The maximum atomic E-state index is 11.0. The second-order valence-electron chi connectivity index (χ2n) is 2.63. The molecule has 0 heterocycles. The van der Waals surface area contributed by atoms with Gasteiger partial charge in [0.25, 0.3) is 0 Å². The zero-order chi connectivity index (χ0) is 10.6. The molecular weight excluding hydrogens is 204 g/mol. The Kier molecular flexibility index (Phi) is 3.43. The molecule has 4 nitrogen and oxygen atoms in total. The summed E-state index contributed by atoms with van der Waals surface area (Å²) in [4.78, 5) is 14.0. The average molecular weight is 212 g/mol. The third-order valence-corrected chi connectivity index (χ3v) is 1.95. The average Bonchev–Trinajstić information content (AvgIpc) is 2.20. The van der Waals surface area contributed by atoms with Crippen LogP contribution in [0.15, 0.2) is 18.2 Å². The molecule has 0 spiro atoms. The number of methoxy groups -OCH3 is 1. The lowest BCUT2D eigenvalue weighted by Crippen LogP contribution is -2.04. The van der Waals surface area contributed by atoms with Crippen LogP contribution in [0.3, 0.4) is 0 Å². The van der Waals surface area contributed by atoms with Gasteiger partial charge in [-0.05, 0) is 12.1 Å². The highest BCUT2D eigenvalue weighted by molar-refractivity contribution is 6.30. The summed E-state index contributed by atoms with van der Waals surface area (Å²) in [5.74, 6) is -0.391. The summed E-state index contributed by atoms with van der Waals surface area (Å²) in [5, 5.41) is 9.09. The highest BCUT2D eigenvalue weighted by Crippen LogP contribution is 2.24. The summed E-state index contributed by atoms with van der Waals surface area (Å²) in [5.41, 5.74) is 0.853. The largest absolute Gasteiger partial charge is 0.469 e. The Morgan fingerprint density at radius 2 is 2.36 bits per heavy atom. The van der Waals surface area contributed by atoms with Crippen molar-refractivity contribution in [1.82, 2.24) is 0 Å². The van der Waals surface area contributed by atoms with Gasteiger partial charge in [0.1, 0.15) is 0 Å². The van der Waals surface area contributed by atoms with Crippen LogP contribution in [-0.2, 0) is 16.0 Å². The molecule has 0 atom stereocenters. The summed E-state index contributed by atoms with van der Waals surface area (Å²) in [7, 11) is 1.30. The van der Waals surface area contributed by atoms with E-state index < -0.39 is 5.97 Å². The van der Waals surface area contributed by atoms with Crippen molar-refractivity contribution in [3.8, 4) is 0 Å². The Labute approximate surface area is 86.1 Å². The van der Waals surface area contributed by atoms with Crippen LogP contribution in [0.5, 0.6) is 0 Å². The Balaban J connectivity index is 2.98. The minimum absolute atomic E-state index is 0.0626. The molecule has 0 bridgehead atoms. The predicted octanol–water partition coefficient (Wildman–Crippen LogP) is 2.54. The highest BCUT2D eigenvalue weighted by atomic mass is 35.5. The minimum Gasteiger partial charge on any atom is -0.469 e. The van der Waals surface area contributed by atoms with Crippen LogP contribution in [0.4, 0.5) is 5.69 Å². The van der Waals surface area contributed by atoms with Gasteiger partial charge < -0.3 is 4.74 Å². The quantitative estimate of drug-likeness (QED) is 0.558. The van der Waals surface area contributed by atoms with E-state index in [1.165, 1.54) is 13.2 Å². The molecule has 0 aliphatic carbocycles. The Morgan fingerprint density at radius 1 is 1.64 bits per heavy atom. The van der Waals surface area contributed by atoms with Gasteiger partial charge in [-0.15, -0.1) is 0 Å². The first-order valence-corrected chi connectivity index (χ1v) is 4.25. The molecule has 0 fully saturated rings. The number of ether oxygens (including phenoxy) is 1. The third kappa shape index (κ3) is 2.44. The maximum Gasteiger partial charge on any atom is 0.390 e. The standard InChI is InChI=1S/C9H8ClN2O2/c1-14-9(13)4-6-2-3-7(10)5-8(6)12-11/h2-3,5H,4H2,1H3/q+1. The minimum atomic E-state index is -0.391. The van der Waals surface area contributed by atoms with Crippen molar-refractivity contribution in [2.75, 3.05) is 7.11 Å². The number of hydrogen-bond acceptors (Lipinski definition) is 3. The molecule has 0 aliphatic rings. The molecule has 0 saturated carbocycles. The summed E-state index contributed by atoms with van der Waals surface area (Å²) in [6.07, 6.45) is 0.0626. The molecule has 0 saturated heterocycles. The van der Waals surface area contributed by atoms with Gasteiger partial charge in [0, 0.05) is 5.02 Å². The fourth-order valence-electron chi connectivity index (χ4n) is 1.01. The number of diazo groups is 1. The van der Waals surface area contributed by atoms with Crippen LogP contribution < -0.4 is 0 Å². The molecular formula is C9H8ClN2O2+. The van der Waals surface area contributed by atoms with Gasteiger partial charge in [-0.2, -0.15) is 0 Å². The van der Waals surface area contributed by atoms with Gasteiger partial charge in [-0.3, -0.25) is 4.79 Å². The number of benzene rings is 1. The molecule has 0 amide bonds. The molecule has 5 heteroatoms. The molecule has 72 valence electrons. The van der Waals surface area contributed by atoms with E-state index in [1.54, 1.807) is 12.1 Å². The second kappa shape index (κ2) is 4.58. The van der Waals surface area contributed by atoms with Crippen LogP contribution >= 0.6 is 11.6 Å².